The van der Waals surface area contributed by atoms with Crippen LogP contribution in [-0.2, 0) is 9.59 Å². The summed E-state index contributed by atoms with van der Waals surface area (Å²) in [7, 11) is 1.56. The zero-order valence-corrected chi connectivity index (χ0v) is 8.65. The molecule has 0 spiro atoms. The molecule has 0 rings (SSSR count). The average Bonchev–Trinajstić information content (AvgIpc) is 2.14. The molecule has 4 heteroatoms. The van der Waals surface area contributed by atoms with E-state index in [-0.39, 0.29) is 12.5 Å². The van der Waals surface area contributed by atoms with Crippen molar-refractivity contribution >= 4 is 11.9 Å². The largest absolute Gasteiger partial charge is 0.481 e. The van der Waals surface area contributed by atoms with Crippen LogP contribution in [0.1, 0.15) is 13.8 Å². The maximum Gasteiger partial charge on any atom is 0.307 e. The molecule has 0 fully saturated rings. The lowest BCUT2D eigenvalue weighted by Crippen LogP contribution is -2.36. The van der Waals surface area contributed by atoms with Crippen molar-refractivity contribution in [2.75, 3.05) is 13.6 Å². The first kappa shape index (κ1) is 12.5. The fourth-order valence-electron chi connectivity index (χ4n) is 0.990. The van der Waals surface area contributed by atoms with Gasteiger partial charge in [-0.3, -0.25) is 9.59 Å². The zero-order valence-electron chi connectivity index (χ0n) is 8.65. The van der Waals surface area contributed by atoms with E-state index in [4.69, 9.17) is 11.5 Å². The van der Waals surface area contributed by atoms with E-state index in [1.54, 1.807) is 14.0 Å². The predicted molar refractivity (Wildman–Crippen MR) is 52.4 cm³/mol. The fraction of sp³-hybridized carbons (Fsp3) is 0.600. The van der Waals surface area contributed by atoms with Crippen molar-refractivity contribution in [1.82, 2.24) is 4.90 Å². The molecule has 0 aliphatic heterocycles. The predicted octanol–water partition coefficient (Wildman–Crippen LogP) is 0.435. The van der Waals surface area contributed by atoms with Crippen LogP contribution in [0, 0.1) is 24.2 Å². The van der Waals surface area contributed by atoms with Crippen LogP contribution in [0.25, 0.3) is 0 Å². The fourth-order valence-corrected chi connectivity index (χ4v) is 0.990. The second-order valence-electron chi connectivity index (χ2n) is 3.31. The Hall–Kier alpha value is -1.50. The lowest BCUT2D eigenvalue weighted by atomic mass is 9.95. The van der Waals surface area contributed by atoms with Crippen LogP contribution in [0.4, 0.5) is 0 Å². The summed E-state index contributed by atoms with van der Waals surface area (Å²) in [5, 5.41) is 8.70. The Balaban J connectivity index is 4.40. The van der Waals surface area contributed by atoms with Gasteiger partial charge >= 0.3 is 5.97 Å². The highest BCUT2D eigenvalue weighted by atomic mass is 16.4. The smallest absolute Gasteiger partial charge is 0.307 e. The summed E-state index contributed by atoms with van der Waals surface area (Å²) in [4.78, 5) is 23.5. The molecule has 0 aromatic carbocycles. The molecule has 0 radical (unpaired) electrons. The molecule has 0 heterocycles. The van der Waals surface area contributed by atoms with Crippen LogP contribution in [-0.4, -0.2) is 35.5 Å². The minimum atomic E-state index is -0.972. The molecule has 0 aromatic heterocycles. The number of aliphatic carboxylic acids is 1. The van der Waals surface area contributed by atoms with Gasteiger partial charge in [-0.15, -0.1) is 6.42 Å². The summed E-state index contributed by atoms with van der Waals surface area (Å²) in [6.07, 6.45) is 5.04. The van der Waals surface area contributed by atoms with Crippen molar-refractivity contribution in [3.05, 3.63) is 0 Å². The molecule has 0 bridgehead atoms. The summed E-state index contributed by atoms with van der Waals surface area (Å²) in [5.74, 6) is -0.123. The quantitative estimate of drug-likeness (QED) is 0.665. The molecule has 2 atom stereocenters. The lowest BCUT2D eigenvalue weighted by molar-refractivity contribution is -0.148. The Kier molecular flexibility index (Phi) is 4.71. The van der Waals surface area contributed by atoms with Gasteiger partial charge < -0.3 is 10.0 Å². The van der Waals surface area contributed by atoms with Crippen molar-refractivity contribution in [3.63, 3.8) is 0 Å². The van der Waals surface area contributed by atoms with E-state index in [0.29, 0.717) is 0 Å². The van der Waals surface area contributed by atoms with E-state index in [0.717, 1.165) is 0 Å². The number of amides is 1. The number of carbonyl (C=O) groups excluding carboxylic acids is 1. The normalized spacial score (nSPS) is 13.9. The summed E-state index contributed by atoms with van der Waals surface area (Å²) in [6.45, 7) is 3.30. The molecule has 78 valence electrons. The van der Waals surface area contributed by atoms with Crippen molar-refractivity contribution in [1.29, 1.82) is 0 Å². The third-order valence-electron chi connectivity index (χ3n) is 2.23. The molecule has 0 aliphatic carbocycles. The van der Waals surface area contributed by atoms with Crippen molar-refractivity contribution in [2.24, 2.45) is 11.8 Å². The minimum absolute atomic E-state index is 0.204. The summed E-state index contributed by atoms with van der Waals surface area (Å²) < 4.78 is 0. The van der Waals surface area contributed by atoms with Crippen LogP contribution < -0.4 is 0 Å². The second kappa shape index (κ2) is 5.28. The Morgan fingerprint density at radius 2 is 1.93 bits per heavy atom. The van der Waals surface area contributed by atoms with Gasteiger partial charge in [-0.2, -0.15) is 0 Å². The topological polar surface area (TPSA) is 57.6 Å². The number of hydrogen-bond acceptors (Lipinski definition) is 2. The van der Waals surface area contributed by atoms with Gasteiger partial charge in [0, 0.05) is 13.0 Å². The molecule has 0 saturated heterocycles. The van der Waals surface area contributed by atoms with Crippen molar-refractivity contribution in [2.45, 2.75) is 13.8 Å². The first-order valence-electron chi connectivity index (χ1n) is 4.33. The van der Waals surface area contributed by atoms with Gasteiger partial charge in [0.2, 0.25) is 5.91 Å². The average molecular weight is 197 g/mol. The van der Waals surface area contributed by atoms with E-state index < -0.39 is 17.8 Å². The highest BCUT2D eigenvalue weighted by molar-refractivity contribution is 5.84. The van der Waals surface area contributed by atoms with E-state index >= 15 is 0 Å². The molecule has 0 saturated carbocycles. The Morgan fingerprint density at radius 3 is 2.29 bits per heavy atom. The number of terminal acetylenes is 1. The molecule has 14 heavy (non-hydrogen) atoms. The van der Waals surface area contributed by atoms with Crippen LogP contribution in [0.15, 0.2) is 0 Å². The number of hydrogen-bond donors (Lipinski definition) is 1. The van der Waals surface area contributed by atoms with Gasteiger partial charge in [0.15, 0.2) is 0 Å². The summed E-state index contributed by atoms with van der Waals surface area (Å²) in [6, 6.07) is 0. The van der Waals surface area contributed by atoms with Gasteiger partial charge in [0.1, 0.15) is 0 Å². The minimum Gasteiger partial charge on any atom is -0.481 e. The summed E-state index contributed by atoms with van der Waals surface area (Å²) >= 11 is 0. The number of carboxylic acids is 1. The third-order valence-corrected chi connectivity index (χ3v) is 2.23. The Bertz CT molecular complexity index is 267. The van der Waals surface area contributed by atoms with Crippen LogP contribution in [0.3, 0.4) is 0 Å². The first-order valence-corrected chi connectivity index (χ1v) is 4.33. The SMILES string of the molecule is C#CCN(C)C(=O)C(C)C(C)C(=O)O. The Labute approximate surface area is 83.9 Å². The molecule has 4 nitrogen and oxygen atoms in total. The molecule has 1 N–H and O–H groups in total. The zero-order chi connectivity index (χ0) is 11.3. The number of carboxylic acid groups (broad SMARTS) is 1. The molecule has 0 aromatic rings. The maximum absolute atomic E-state index is 11.5. The van der Waals surface area contributed by atoms with Crippen molar-refractivity contribution < 1.29 is 14.7 Å². The highest BCUT2D eigenvalue weighted by Gasteiger charge is 2.27. The highest BCUT2D eigenvalue weighted by Crippen LogP contribution is 2.13. The molecular weight excluding hydrogens is 182 g/mol. The number of nitrogens with zero attached hydrogens (tertiary/aromatic N) is 1. The van der Waals surface area contributed by atoms with Gasteiger partial charge in [0.25, 0.3) is 0 Å². The lowest BCUT2D eigenvalue weighted by Gasteiger charge is -2.21. The van der Waals surface area contributed by atoms with Gasteiger partial charge in [-0.1, -0.05) is 19.8 Å². The van der Waals surface area contributed by atoms with Crippen LogP contribution in [0.5, 0.6) is 0 Å². The second-order valence-corrected chi connectivity index (χ2v) is 3.31. The molecular formula is C10H15NO3. The van der Waals surface area contributed by atoms with Gasteiger partial charge in [-0.05, 0) is 0 Å². The monoisotopic (exact) mass is 197 g/mol. The van der Waals surface area contributed by atoms with Crippen LogP contribution >= 0.6 is 0 Å². The van der Waals surface area contributed by atoms with Gasteiger partial charge in [-0.25, -0.2) is 0 Å². The molecule has 0 aliphatic rings. The van der Waals surface area contributed by atoms with Crippen molar-refractivity contribution in [3.8, 4) is 12.3 Å². The van der Waals surface area contributed by atoms with E-state index in [9.17, 15) is 9.59 Å². The summed E-state index contributed by atoms with van der Waals surface area (Å²) in [5.41, 5.74) is 0. The van der Waals surface area contributed by atoms with E-state index in [1.165, 1.54) is 11.8 Å². The third kappa shape index (κ3) is 3.09. The maximum atomic E-state index is 11.5. The number of carbonyl (C=O) groups is 2. The van der Waals surface area contributed by atoms with E-state index in [2.05, 4.69) is 5.92 Å². The Morgan fingerprint density at radius 1 is 1.43 bits per heavy atom. The first-order chi connectivity index (χ1) is 6.41. The van der Waals surface area contributed by atoms with E-state index in [1.807, 2.05) is 0 Å². The molecule has 2 unspecified atom stereocenters. The van der Waals surface area contributed by atoms with Gasteiger partial charge in [0.05, 0.1) is 12.5 Å². The van der Waals surface area contributed by atoms with Crippen LogP contribution in [0.2, 0.25) is 0 Å². The number of rotatable bonds is 4. The molecule has 1 amide bonds. The standard InChI is InChI=1S/C10H15NO3/c1-5-6-11(4)9(12)7(2)8(3)10(13)14/h1,7-8H,6H2,2-4H3,(H,13,14).